The van der Waals surface area contributed by atoms with Gasteiger partial charge in [0.25, 0.3) is 11.1 Å². The summed E-state index contributed by atoms with van der Waals surface area (Å²) in [4.78, 5) is 73.2. The van der Waals surface area contributed by atoms with Gasteiger partial charge in [-0.25, -0.2) is 4.85 Å². The number of halogens is 3. The minimum Gasteiger partial charge on any atom is -0.493 e. The number of methoxy groups -OCH3 is 1. The molecule has 0 aliphatic carbocycles. The van der Waals surface area contributed by atoms with Crippen LogP contribution in [0, 0.1) is 18.9 Å². The van der Waals surface area contributed by atoms with Gasteiger partial charge in [0.15, 0.2) is 17.2 Å². The number of imide groups is 1. The average molecular weight is 948 g/mol. The third kappa shape index (κ3) is 12.0. The zero-order valence-corrected chi connectivity index (χ0v) is 38.3. The smallest absolute Gasteiger partial charge is 0.418 e. The summed E-state index contributed by atoms with van der Waals surface area (Å²) in [7, 11) is 1.28. The lowest BCUT2D eigenvalue weighted by Gasteiger charge is -2.35. The molecule has 19 heteroatoms. The number of carbonyl (C=O) groups is 5. The summed E-state index contributed by atoms with van der Waals surface area (Å²) in [5, 5.41) is 17.7. The number of aliphatic hydroxyl groups is 1. The number of β-amino-alcohol motifs (C(OH)–C–C–N with tert-alkyl or cyclic N) is 1. The number of carbonyl (C=O) groups excluding carboxylic acids is 5. The zero-order valence-electron chi connectivity index (χ0n) is 36.7. The van der Waals surface area contributed by atoms with Gasteiger partial charge in [0, 0.05) is 30.8 Å². The molecule has 1 aromatic heterocycles. The van der Waals surface area contributed by atoms with Crippen molar-refractivity contribution in [3.63, 3.8) is 0 Å². The Morgan fingerprint density at radius 3 is 2.38 bits per heavy atom. The highest BCUT2D eigenvalue weighted by Crippen LogP contribution is 2.43. The van der Waals surface area contributed by atoms with E-state index >= 15 is 0 Å². The number of alkyl halides is 3. The number of nitrogens with one attached hydrogen (secondary N) is 2. The van der Waals surface area contributed by atoms with Crippen molar-refractivity contribution >= 4 is 63.7 Å². The van der Waals surface area contributed by atoms with Gasteiger partial charge in [-0.15, -0.1) is 11.3 Å². The molecule has 3 aromatic carbocycles. The van der Waals surface area contributed by atoms with Gasteiger partial charge in [-0.05, 0) is 88.1 Å². The molecule has 3 atom stereocenters. The molecule has 2 saturated heterocycles. The lowest BCUT2D eigenvalue weighted by atomic mass is 9.85. The molecular formula is C47H48F3N5O9S2. The van der Waals surface area contributed by atoms with Gasteiger partial charge < -0.3 is 34.9 Å². The lowest BCUT2D eigenvalue weighted by Crippen LogP contribution is -2.57. The standard InChI is InChI=1S/C47H48F3N5O9S2/c1-27-16-20-65-40(27)30-10-7-28(8-11-30)25-52-42(58)34-24-32(56)26-55(34)44(60)41(46(2,3)4)53-39(57)15-18-63-19-17-54-43(59)38(66-45(54)61)22-29-9-13-36(37(21-29)62-6)64-35-14-12-31(51-5)23-33(35)47(48,49)50/h7-14,16,20-23,32,34,41,56H,15,17-19,24-26H2,1-4,6H3,(H,52,58)(H,53,57)/b38-22-/t32-,34?,41+/m0/s1. The highest BCUT2D eigenvalue weighted by atomic mass is 32.2. The van der Waals surface area contributed by atoms with Crippen LogP contribution in [0.3, 0.4) is 0 Å². The number of aryl methyl sites for hydroxylation is 1. The molecule has 66 heavy (non-hydrogen) atoms. The Hall–Kier alpha value is -6.20. The van der Waals surface area contributed by atoms with Crippen LogP contribution in [0.5, 0.6) is 17.2 Å². The Morgan fingerprint density at radius 2 is 1.73 bits per heavy atom. The number of ether oxygens (including phenoxy) is 3. The van der Waals surface area contributed by atoms with E-state index in [0.29, 0.717) is 23.4 Å². The summed E-state index contributed by atoms with van der Waals surface area (Å²) in [5.41, 5.74) is 1.39. The molecular weight excluding hydrogens is 900 g/mol. The number of hydrogen-bond donors (Lipinski definition) is 3. The number of thioether (sulfide) groups is 1. The Labute approximate surface area is 387 Å². The predicted molar refractivity (Wildman–Crippen MR) is 243 cm³/mol. The predicted octanol–water partition coefficient (Wildman–Crippen LogP) is 8.35. The highest BCUT2D eigenvalue weighted by molar-refractivity contribution is 8.18. The van der Waals surface area contributed by atoms with E-state index in [0.717, 1.165) is 22.1 Å². The van der Waals surface area contributed by atoms with E-state index in [9.17, 15) is 42.3 Å². The van der Waals surface area contributed by atoms with Crippen molar-refractivity contribution in [3.8, 4) is 27.7 Å². The van der Waals surface area contributed by atoms with Crippen LogP contribution < -0.4 is 20.1 Å². The van der Waals surface area contributed by atoms with Crippen molar-refractivity contribution in [3.05, 3.63) is 111 Å². The summed E-state index contributed by atoms with van der Waals surface area (Å²) in [6.07, 6.45) is -4.42. The van der Waals surface area contributed by atoms with Crippen LogP contribution in [0.4, 0.5) is 23.7 Å². The topological polar surface area (TPSA) is 168 Å². The largest absolute Gasteiger partial charge is 0.493 e. The molecule has 4 aromatic rings. The number of nitrogens with zero attached hydrogens (tertiary/aromatic N) is 3. The van der Waals surface area contributed by atoms with Crippen molar-refractivity contribution in [1.82, 2.24) is 20.4 Å². The van der Waals surface area contributed by atoms with Crippen LogP contribution in [0.25, 0.3) is 21.4 Å². The fourth-order valence-corrected chi connectivity index (χ4v) is 9.04. The summed E-state index contributed by atoms with van der Waals surface area (Å²) in [5.74, 6) is -2.61. The Bertz CT molecular complexity index is 2550. The Kier molecular flexibility index (Phi) is 15.6. The van der Waals surface area contributed by atoms with Crippen molar-refractivity contribution in [2.75, 3.05) is 33.4 Å². The quantitative estimate of drug-likeness (QED) is 0.0564. The number of likely N-dealkylation sites (tertiary alicyclic amines) is 1. The van der Waals surface area contributed by atoms with E-state index in [2.05, 4.69) is 21.5 Å². The molecule has 0 saturated carbocycles. The molecule has 0 spiro atoms. The number of thiophene rings is 1. The fourth-order valence-electron chi connectivity index (χ4n) is 7.24. The normalized spacial score (nSPS) is 17.5. The number of aliphatic hydroxyl groups excluding tert-OH is 1. The summed E-state index contributed by atoms with van der Waals surface area (Å²) >= 11 is 2.33. The second-order valence-corrected chi connectivity index (χ2v) is 18.5. The van der Waals surface area contributed by atoms with Crippen molar-refractivity contribution in [2.45, 2.75) is 71.4 Å². The van der Waals surface area contributed by atoms with Crippen LogP contribution >= 0.6 is 23.1 Å². The number of amides is 5. The molecule has 6 rings (SSSR count). The monoisotopic (exact) mass is 947 g/mol. The number of benzene rings is 3. The third-order valence-electron chi connectivity index (χ3n) is 10.7. The molecule has 2 aliphatic heterocycles. The Morgan fingerprint density at radius 1 is 1.00 bits per heavy atom. The van der Waals surface area contributed by atoms with E-state index in [4.69, 9.17) is 20.8 Å². The maximum absolute atomic E-state index is 14.0. The fraction of sp³-hybridized carbons (Fsp3) is 0.362. The first-order valence-corrected chi connectivity index (χ1v) is 22.4. The van der Waals surface area contributed by atoms with E-state index in [1.165, 1.54) is 52.8 Å². The second kappa shape index (κ2) is 21.0. The van der Waals surface area contributed by atoms with Crippen LogP contribution in [-0.4, -0.2) is 95.4 Å². The van der Waals surface area contributed by atoms with E-state index in [1.807, 2.05) is 36.6 Å². The van der Waals surface area contributed by atoms with Crippen molar-refractivity contribution in [2.24, 2.45) is 5.41 Å². The molecule has 2 fully saturated rings. The van der Waals surface area contributed by atoms with Gasteiger partial charge in [-0.3, -0.25) is 28.9 Å². The van der Waals surface area contributed by atoms with Gasteiger partial charge in [0.2, 0.25) is 17.7 Å². The first kappa shape index (κ1) is 49.2. The SMILES string of the molecule is [C-]#[N+]c1ccc(Oc2ccc(/C=C3\SC(=O)N(CCOCCC(=O)N[C@H](C(=O)N4C[C@@H](O)CC4C(=O)NCc4ccc(-c5sccc5C)cc4)C(C)(C)C)C3=O)cc2OC)c(C(F)(F)F)c1. The maximum atomic E-state index is 14.0. The molecule has 0 bridgehead atoms. The lowest BCUT2D eigenvalue weighted by molar-refractivity contribution is -0.144. The third-order valence-corrected chi connectivity index (χ3v) is 12.7. The molecule has 2 aliphatic rings. The number of rotatable bonds is 16. The van der Waals surface area contributed by atoms with Crippen LogP contribution in [0.15, 0.2) is 77.0 Å². The van der Waals surface area contributed by atoms with Gasteiger partial charge >= 0.3 is 6.18 Å². The minimum absolute atomic E-state index is 0.0425. The summed E-state index contributed by atoms with van der Waals surface area (Å²) < 4.78 is 57.6. The molecule has 0 radical (unpaired) electrons. The molecule has 3 N–H and O–H groups in total. The van der Waals surface area contributed by atoms with E-state index in [-0.39, 0.29) is 67.8 Å². The number of hydrogen-bond acceptors (Lipinski definition) is 11. The second-order valence-electron chi connectivity index (χ2n) is 16.6. The van der Waals surface area contributed by atoms with Crippen LogP contribution in [-0.2, 0) is 36.6 Å². The van der Waals surface area contributed by atoms with Gasteiger partial charge in [-0.1, -0.05) is 57.2 Å². The van der Waals surface area contributed by atoms with Crippen molar-refractivity contribution < 1.29 is 56.5 Å². The molecule has 348 valence electrons. The van der Waals surface area contributed by atoms with Crippen LogP contribution in [0.1, 0.15) is 55.9 Å². The minimum atomic E-state index is -4.80. The maximum Gasteiger partial charge on any atom is 0.418 e. The first-order valence-electron chi connectivity index (χ1n) is 20.7. The molecule has 3 heterocycles. The van der Waals surface area contributed by atoms with Gasteiger partial charge in [-0.2, -0.15) is 13.2 Å². The molecule has 1 unspecified atom stereocenters. The summed E-state index contributed by atoms with van der Waals surface area (Å²) in [6, 6.07) is 15.1. The highest BCUT2D eigenvalue weighted by Gasteiger charge is 2.44. The van der Waals surface area contributed by atoms with Gasteiger partial charge in [0.1, 0.15) is 17.8 Å². The molecule has 14 nitrogen and oxygen atoms in total. The Balaban J connectivity index is 0.982. The van der Waals surface area contributed by atoms with E-state index < -0.39 is 70.0 Å². The summed E-state index contributed by atoms with van der Waals surface area (Å²) in [6.45, 7) is 14.2. The molecule has 5 amide bonds. The van der Waals surface area contributed by atoms with Gasteiger partial charge in [0.05, 0.1) is 50.0 Å². The van der Waals surface area contributed by atoms with E-state index in [1.54, 1.807) is 32.1 Å². The van der Waals surface area contributed by atoms with Crippen molar-refractivity contribution in [1.29, 1.82) is 0 Å². The zero-order chi connectivity index (χ0) is 47.9. The first-order chi connectivity index (χ1) is 31.3. The van der Waals surface area contributed by atoms with Crippen LogP contribution in [0.2, 0.25) is 0 Å². The average Bonchev–Trinajstić information content (AvgIpc) is 3.96.